The summed E-state index contributed by atoms with van der Waals surface area (Å²) in [4.78, 5) is 24.1. The number of aryl methyl sites for hydroxylation is 3. The molecule has 0 saturated carbocycles. The average Bonchev–Trinajstić information content (AvgIpc) is 2.57. The van der Waals surface area contributed by atoms with Crippen molar-refractivity contribution in [3.63, 3.8) is 0 Å². The van der Waals surface area contributed by atoms with Gasteiger partial charge in [0.15, 0.2) is 0 Å². The molecule has 5 heteroatoms. The number of rotatable bonds is 6. The third-order valence-electron chi connectivity index (χ3n) is 4.12. The minimum absolute atomic E-state index is 0.0348. The van der Waals surface area contributed by atoms with E-state index in [9.17, 15) is 9.59 Å². The Bertz CT molecular complexity index is 813. The molecule has 0 aliphatic heterocycles. The molecule has 0 unspecified atom stereocenters. The van der Waals surface area contributed by atoms with Gasteiger partial charge in [-0.15, -0.1) is 0 Å². The molecule has 26 heavy (non-hydrogen) atoms. The monoisotopic (exact) mass is 353 g/mol. The van der Waals surface area contributed by atoms with Crippen molar-refractivity contribution in [2.24, 2.45) is 5.92 Å². The maximum Gasteiger partial charge on any atom is 0.243 e. The van der Waals surface area contributed by atoms with E-state index in [1.807, 2.05) is 71.0 Å². The molecule has 3 N–H and O–H groups in total. The molecule has 0 heterocycles. The van der Waals surface area contributed by atoms with Gasteiger partial charge >= 0.3 is 0 Å². The molecule has 0 aromatic heterocycles. The van der Waals surface area contributed by atoms with Crippen molar-refractivity contribution in [1.82, 2.24) is 0 Å². The van der Waals surface area contributed by atoms with E-state index < -0.39 is 0 Å². The van der Waals surface area contributed by atoms with Crippen LogP contribution < -0.4 is 16.0 Å². The largest absolute Gasteiger partial charge is 0.376 e. The SMILES string of the molecule is Cc1ccc(NC(=O)CNc2cc(NC(=O)C(C)C)ccc2C)c(C)c1. The van der Waals surface area contributed by atoms with Crippen molar-refractivity contribution in [2.45, 2.75) is 34.6 Å². The van der Waals surface area contributed by atoms with Gasteiger partial charge in [-0.1, -0.05) is 37.6 Å². The lowest BCUT2D eigenvalue weighted by Gasteiger charge is -2.14. The Kier molecular flexibility index (Phi) is 6.39. The van der Waals surface area contributed by atoms with Crippen LogP contribution in [0.2, 0.25) is 0 Å². The lowest BCUT2D eigenvalue weighted by molar-refractivity contribution is -0.119. The van der Waals surface area contributed by atoms with Crippen LogP contribution in [0.1, 0.15) is 30.5 Å². The molecular weight excluding hydrogens is 326 g/mol. The normalized spacial score (nSPS) is 10.5. The molecule has 0 fully saturated rings. The zero-order valence-electron chi connectivity index (χ0n) is 16.1. The first-order valence-corrected chi connectivity index (χ1v) is 8.78. The summed E-state index contributed by atoms with van der Waals surface area (Å²) < 4.78 is 0. The summed E-state index contributed by atoms with van der Waals surface area (Å²) in [6.45, 7) is 9.80. The Morgan fingerprint density at radius 1 is 0.885 bits per heavy atom. The molecule has 138 valence electrons. The quantitative estimate of drug-likeness (QED) is 0.727. The summed E-state index contributed by atoms with van der Waals surface area (Å²) in [6, 6.07) is 11.5. The molecular formula is C21H27N3O2. The van der Waals surface area contributed by atoms with Crippen LogP contribution in [-0.4, -0.2) is 18.4 Å². The fourth-order valence-electron chi connectivity index (χ4n) is 2.50. The van der Waals surface area contributed by atoms with Crippen molar-refractivity contribution in [3.05, 3.63) is 53.1 Å². The molecule has 0 radical (unpaired) electrons. The van der Waals surface area contributed by atoms with Gasteiger partial charge in [-0.05, 0) is 50.1 Å². The zero-order valence-corrected chi connectivity index (χ0v) is 16.1. The van der Waals surface area contributed by atoms with Crippen LogP contribution in [0.25, 0.3) is 0 Å². The van der Waals surface area contributed by atoms with Crippen LogP contribution in [0.15, 0.2) is 36.4 Å². The fraction of sp³-hybridized carbons (Fsp3) is 0.333. The van der Waals surface area contributed by atoms with Gasteiger partial charge in [0.05, 0.1) is 6.54 Å². The van der Waals surface area contributed by atoms with E-state index in [1.54, 1.807) is 0 Å². The number of hydrogen-bond acceptors (Lipinski definition) is 3. The first kappa shape index (κ1) is 19.5. The Morgan fingerprint density at radius 3 is 2.27 bits per heavy atom. The minimum Gasteiger partial charge on any atom is -0.376 e. The Morgan fingerprint density at radius 2 is 1.62 bits per heavy atom. The van der Waals surface area contributed by atoms with Crippen LogP contribution in [0, 0.1) is 26.7 Å². The van der Waals surface area contributed by atoms with Crippen LogP contribution in [0.4, 0.5) is 17.1 Å². The average molecular weight is 353 g/mol. The number of carbonyl (C=O) groups is 2. The van der Waals surface area contributed by atoms with Gasteiger partial charge in [0.25, 0.3) is 0 Å². The van der Waals surface area contributed by atoms with Crippen molar-refractivity contribution < 1.29 is 9.59 Å². The third-order valence-corrected chi connectivity index (χ3v) is 4.12. The van der Waals surface area contributed by atoms with Crippen molar-refractivity contribution in [1.29, 1.82) is 0 Å². The second-order valence-electron chi connectivity index (χ2n) is 6.89. The molecule has 2 aromatic rings. The van der Waals surface area contributed by atoms with Gasteiger partial charge < -0.3 is 16.0 Å². The van der Waals surface area contributed by atoms with Crippen LogP contribution in [0.5, 0.6) is 0 Å². The molecule has 2 rings (SSSR count). The molecule has 0 saturated heterocycles. The van der Waals surface area contributed by atoms with E-state index in [4.69, 9.17) is 0 Å². The highest BCUT2D eigenvalue weighted by molar-refractivity contribution is 5.95. The first-order chi connectivity index (χ1) is 12.3. The van der Waals surface area contributed by atoms with Gasteiger partial charge in [0.1, 0.15) is 0 Å². The summed E-state index contributed by atoms with van der Waals surface area (Å²) in [7, 11) is 0. The van der Waals surface area contributed by atoms with E-state index in [1.165, 1.54) is 0 Å². The molecule has 0 atom stereocenters. The standard InChI is InChI=1S/C21H27N3O2/c1-13(2)21(26)23-17-8-7-15(4)19(11-17)22-12-20(25)24-18-9-6-14(3)10-16(18)5/h6-11,13,22H,12H2,1-5H3,(H,23,26)(H,24,25). The van der Waals surface area contributed by atoms with Crippen molar-refractivity contribution in [2.75, 3.05) is 22.5 Å². The minimum atomic E-state index is -0.118. The summed E-state index contributed by atoms with van der Waals surface area (Å²) in [5.74, 6) is -0.239. The number of anilines is 3. The highest BCUT2D eigenvalue weighted by Gasteiger charge is 2.10. The third kappa shape index (κ3) is 5.34. The predicted octanol–water partition coefficient (Wildman–Crippen LogP) is 4.26. The van der Waals surface area contributed by atoms with E-state index in [0.717, 1.165) is 28.1 Å². The van der Waals surface area contributed by atoms with Gasteiger partial charge in [-0.25, -0.2) is 0 Å². The highest BCUT2D eigenvalue weighted by Crippen LogP contribution is 2.21. The molecule has 0 aliphatic carbocycles. The van der Waals surface area contributed by atoms with Crippen LogP contribution in [0.3, 0.4) is 0 Å². The fourth-order valence-corrected chi connectivity index (χ4v) is 2.50. The maximum absolute atomic E-state index is 12.2. The number of nitrogens with one attached hydrogen (secondary N) is 3. The Balaban J connectivity index is 1.99. The molecule has 0 bridgehead atoms. The van der Waals surface area contributed by atoms with Crippen LogP contribution in [-0.2, 0) is 9.59 Å². The lowest BCUT2D eigenvalue weighted by Crippen LogP contribution is -2.22. The topological polar surface area (TPSA) is 70.2 Å². The Hall–Kier alpha value is -2.82. The number of benzene rings is 2. The van der Waals surface area contributed by atoms with Gasteiger partial charge in [0, 0.05) is 23.0 Å². The molecule has 0 aliphatic rings. The first-order valence-electron chi connectivity index (χ1n) is 8.78. The molecule has 2 aromatic carbocycles. The Labute approximate surface area is 155 Å². The van der Waals surface area contributed by atoms with Crippen LogP contribution >= 0.6 is 0 Å². The number of hydrogen-bond donors (Lipinski definition) is 3. The highest BCUT2D eigenvalue weighted by atomic mass is 16.2. The van der Waals surface area contributed by atoms with E-state index in [0.29, 0.717) is 5.69 Å². The second kappa shape index (κ2) is 8.52. The van der Waals surface area contributed by atoms with Gasteiger partial charge in [-0.2, -0.15) is 0 Å². The summed E-state index contributed by atoms with van der Waals surface area (Å²) in [5.41, 5.74) is 5.56. The second-order valence-corrected chi connectivity index (χ2v) is 6.89. The van der Waals surface area contributed by atoms with Crippen molar-refractivity contribution >= 4 is 28.9 Å². The lowest BCUT2D eigenvalue weighted by atomic mass is 10.1. The summed E-state index contributed by atoms with van der Waals surface area (Å²) in [6.07, 6.45) is 0. The predicted molar refractivity (Wildman–Crippen MR) is 108 cm³/mol. The van der Waals surface area contributed by atoms with E-state index >= 15 is 0 Å². The van der Waals surface area contributed by atoms with E-state index in [2.05, 4.69) is 16.0 Å². The number of amides is 2. The molecule has 2 amide bonds. The van der Waals surface area contributed by atoms with Gasteiger partial charge in [0.2, 0.25) is 11.8 Å². The zero-order chi connectivity index (χ0) is 19.3. The number of carbonyl (C=O) groups excluding carboxylic acids is 2. The molecule has 5 nitrogen and oxygen atoms in total. The summed E-state index contributed by atoms with van der Waals surface area (Å²) >= 11 is 0. The summed E-state index contributed by atoms with van der Waals surface area (Å²) in [5, 5.41) is 8.93. The smallest absolute Gasteiger partial charge is 0.243 e. The molecule has 0 spiro atoms. The van der Waals surface area contributed by atoms with E-state index in [-0.39, 0.29) is 24.3 Å². The maximum atomic E-state index is 12.2. The van der Waals surface area contributed by atoms with Gasteiger partial charge in [-0.3, -0.25) is 9.59 Å². The van der Waals surface area contributed by atoms with Crippen molar-refractivity contribution in [3.8, 4) is 0 Å².